The first-order chi connectivity index (χ1) is 29.4. The number of amides is 1. The van der Waals surface area contributed by atoms with Gasteiger partial charge in [-0.1, -0.05) is 42.5 Å². The predicted molar refractivity (Wildman–Crippen MR) is 218 cm³/mol. The summed E-state index contributed by atoms with van der Waals surface area (Å²) in [5.74, 6) is -2.51. The molecule has 2 aromatic carbocycles. The molecule has 2 aliphatic carbocycles. The highest BCUT2D eigenvalue weighted by atomic mass is 35.5. The summed E-state index contributed by atoms with van der Waals surface area (Å²) < 4.78 is 161. The first-order valence-electron chi connectivity index (χ1n) is 19.2. The second-order valence-electron chi connectivity index (χ2n) is 15.8. The fourth-order valence-corrected chi connectivity index (χ4v) is 9.87. The van der Waals surface area contributed by atoms with E-state index in [0.717, 1.165) is 36.9 Å². The molecular weight excluding hydrogens is 912 g/mol. The number of carbonyl (C=O) groups is 1. The van der Waals surface area contributed by atoms with Gasteiger partial charge in [-0.25, -0.2) is 13.8 Å². The molecule has 1 fully saturated rings. The third-order valence-corrected chi connectivity index (χ3v) is 13.3. The molecule has 3 heterocycles. The minimum absolute atomic E-state index is 0.00203. The van der Waals surface area contributed by atoms with Crippen LogP contribution in [0.2, 0.25) is 5.02 Å². The number of nitrogens with one attached hydrogen (secondary N) is 2. The number of hydrogen-bond acceptors (Lipinski definition) is 7. The van der Waals surface area contributed by atoms with Crippen molar-refractivity contribution in [1.82, 2.24) is 29.9 Å². The standard InChI is InChI=1S/C41H36ClF10N7O2S2/c1-20-17-39(45,46)36-31(20)35(41(50,51)52)55-58(36)18-30(60)54-29(15-21-13-22(43)16-23(44)14-21)33-26(8-5-24(53-33)11-12-38(2,3)63(61)25-6-7-25)27-9-10-28(42)32-34(27)59(19-40(47,48)49)56-37(32)57-62-4/h5,8-10,13-14,16,20,25,29H,6-7,15,17-19H2,1-4H3,(H,54,60)(H,56,57)/t20-,29?,63?/m0/s1. The van der Waals surface area contributed by atoms with Gasteiger partial charge in [0.25, 0.3) is 5.92 Å². The van der Waals surface area contributed by atoms with Gasteiger partial charge in [0.2, 0.25) is 5.91 Å². The molecule has 2 N–H and O–H groups in total. The number of halogens is 11. The topological polar surface area (TPSA) is 107 Å². The molecule has 0 saturated heterocycles. The Hall–Kier alpha value is -4.81. The molecule has 7 rings (SSSR count). The molecule has 2 unspecified atom stereocenters. The lowest BCUT2D eigenvalue weighted by atomic mass is 9.93. The molecule has 9 nitrogen and oxygen atoms in total. The van der Waals surface area contributed by atoms with Crippen molar-refractivity contribution in [2.75, 3.05) is 11.0 Å². The fourth-order valence-electron chi connectivity index (χ4n) is 7.74. The highest BCUT2D eigenvalue weighted by Crippen LogP contribution is 2.52. The Morgan fingerprint density at radius 3 is 2.30 bits per heavy atom. The Labute approximate surface area is 365 Å². The van der Waals surface area contributed by atoms with Gasteiger partial charge >= 0.3 is 12.4 Å². The van der Waals surface area contributed by atoms with Crippen LogP contribution in [0.4, 0.5) is 49.7 Å². The van der Waals surface area contributed by atoms with Crippen molar-refractivity contribution in [3.8, 4) is 23.0 Å². The van der Waals surface area contributed by atoms with Crippen LogP contribution in [0.1, 0.15) is 85.9 Å². The molecule has 0 bridgehead atoms. The minimum atomic E-state index is -5.15. The second kappa shape index (κ2) is 17.0. The maximum Gasteiger partial charge on any atom is 0.435 e. The number of pyridine rings is 1. The smallest absolute Gasteiger partial charge is 0.346 e. The Morgan fingerprint density at radius 1 is 1.02 bits per heavy atom. The molecule has 3 atom stereocenters. The molecule has 336 valence electrons. The lowest BCUT2D eigenvalue weighted by Gasteiger charge is -2.23. The summed E-state index contributed by atoms with van der Waals surface area (Å²) in [4.78, 5) is 18.8. The average molecular weight is 948 g/mol. The van der Waals surface area contributed by atoms with Crippen molar-refractivity contribution in [3.05, 3.63) is 93.0 Å². The van der Waals surface area contributed by atoms with E-state index in [1.165, 1.54) is 31.2 Å². The van der Waals surface area contributed by atoms with E-state index in [1.54, 1.807) is 20.1 Å². The van der Waals surface area contributed by atoms with Crippen molar-refractivity contribution in [1.29, 1.82) is 0 Å². The van der Waals surface area contributed by atoms with Crippen molar-refractivity contribution >= 4 is 57.0 Å². The summed E-state index contributed by atoms with van der Waals surface area (Å²) in [6.07, 6.45) is -8.33. The molecule has 2 aliphatic rings. The summed E-state index contributed by atoms with van der Waals surface area (Å²) in [5.41, 5.74) is -3.82. The lowest BCUT2D eigenvalue weighted by Crippen LogP contribution is -2.35. The van der Waals surface area contributed by atoms with Crippen molar-refractivity contribution < 1.29 is 52.9 Å². The van der Waals surface area contributed by atoms with E-state index in [4.69, 9.17) is 16.6 Å². The van der Waals surface area contributed by atoms with Crippen molar-refractivity contribution in [3.63, 3.8) is 0 Å². The maximum atomic E-state index is 15.3. The number of rotatable bonds is 12. The Morgan fingerprint density at radius 2 is 1.68 bits per heavy atom. The van der Waals surface area contributed by atoms with Gasteiger partial charge in [0, 0.05) is 51.5 Å². The van der Waals surface area contributed by atoms with E-state index in [9.17, 15) is 44.1 Å². The summed E-state index contributed by atoms with van der Waals surface area (Å²) >= 11 is 7.60. The molecular formula is C41H36ClF10N7O2S2. The Kier molecular flexibility index (Phi) is 12.4. The van der Waals surface area contributed by atoms with Crippen molar-refractivity contribution in [2.45, 2.75) is 99.8 Å². The highest BCUT2D eigenvalue weighted by Gasteiger charge is 2.53. The third kappa shape index (κ3) is 9.82. The summed E-state index contributed by atoms with van der Waals surface area (Å²) in [6.45, 7) is 1.73. The molecule has 0 radical (unpaired) electrons. The second-order valence-corrected chi connectivity index (χ2v) is 19.1. The quantitative estimate of drug-likeness (QED) is 0.0729. The van der Waals surface area contributed by atoms with Crippen LogP contribution in [0.15, 0.2) is 42.5 Å². The third-order valence-electron chi connectivity index (χ3n) is 10.4. The highest BCUT2D eigenvalue weighted by molar-refractivity contribution is 7.99. The van der Waals surface area contributed by atoms with Gasteiger partial charge in [-0.05, 0) is 80.8 Å². The molecule has 3 aromatic heterocycles. The van der Waals surface area contributed by atoms with E-state index in [-0.39, 0.29) is 59.8 Å². The van der Waals surface area contributed by atoms with Crippen LogP contribution >= 0.6 is 23.5 Å². The summed E-state index contributed by atoms with van der Waals surface area (Å²) in [7, 11) is -1.38. The number of aromatic nitrogens is 5. The van der Waals surface area contributed by atoms with Crippen LogP contribution < -0.4 is 10.0 Å². The van der Waals surface area contributed by atoms with Gasteiger partial charge in [-0.2, -0.15) is 45.3 Å². The number of benzene rings is 2. The molecule has 22 heteroatoms. The monoisotopic (exact) mass is 947 g/mol. The van der Waals surface area contributed by atoms with E-state index in [1.807, 2.05) is 0 Å². The first kappa shape index (κ1) is 46.2. The Bertz CT molecular complexity index is 2680. The summed E-state index contributed by atoms with van der Waals surface area (Å²) in [5, 5.41) is 10.1. The van der Waals surface area contributed by atoms with Crippen molar-refractivity contribution in [2.24, 2.45) is 0 Å². The summed E-state index contributed by atoms with van der Waals surface area (Å²) in [6, 6.07) is 6.46. The zero-order chi connectivity index (χ0) is 46.0. The van der Waals surface area contributed by atoms with Crippen LogP contribution in [-0.4, -0.2) is 57.1 Å². The van der Waals surface area contributed by atoms with Gasteiger partial charge in [0.1, 0.15) is 40.9 Å². The number of fused-ring (bicyclic) bond motifs is 2. The van der Waals surface area contributed by atoms with Crippen LogP contribution in [0.5, 0.6) is 0 Å². The number of anilines is 1. The molecule has 0 spiro atoms. The lowest BCUT2D eigenvalue weighted by molar-refractivity contribution is -0.143. The van der Waals surface area contributed by atoms with Gasteiger partial charge in [0.15, 0.2) is 11.5 Å². The van der Waals surface area contributed by atoms with E-state index >= 15 is 8.78 Å². The molecule has 0 aliphatic heterocycles. The molecule has 63 heavy (non-hydrogen) atoms. The van der Waals surface area contributed by atoms with Gasteiger partial charge < -0.3 is 10.0 Å². The van der Waals surface area contributed by atoms with Crippen LogP contribution in [0, 0.1) is 23.5 Å². The van der Waals surface area contributed by atoms with Crippen LogP contribution in [-0.2, 0) is 47.2 Å². The number of alkyl halides is 8. The maximum absolute atomic E-state index is 15.3. The van der Waals surface area contributed by atoms with E-state index < -0.39 is 106 Å². The number of hydrogen-bond donors (Lipinski definition) is 2. The Balaban J connectivity index is 1.43. The molecule has 1 amide bonds. The zero-order valence-electron chi connectivity index (χ0n) is 33.5. The van der Waals surface area contributed by atoms with Gasteiger partial charge in [-0.15, -0.1) is 0 Å². The minimum Gasteiger partial charge on any atom is -0.346 e. The van der Waals surface area contributed by atoms with Crippen LogP contribution in [0.25, 0.3) is 22.0 Å². The average Bonchev–Trinajstić information content (AvgIpc) is 3.77. The molecule has 1 saturated carbocycles. The molecule has 5 aromatic rings. The normalized spacial score (nSPS) is 17.3. The van der Waals surface area contributed by atoms with Gasteiger partial charge in [-0.3, -0.25) is 18.4 Å². The zero-order valence-corrected chi connectivity index (χ0v) is 35.9. The van der Waals surface area contributed by atoms with E-state index in [0.29, 0.717) is 10.7 Å². The van der Waals surface area contributed by atoms with Gasteiger partial charge in [0.05, 0.1) is 27.7 Å². The number of nitrogens with zero attached hydrogens (tertiary/aromatic N) is 5. The number of carbonyl (C=O) groups excluding carboxylic acids is 1. The van der Waals surface area contributed by atoms with Crippen LogP contribution in [0.3, 0.4) is 0 Å². The first-order valence-corrected chi connectivity index (χ1v) is 22.0. The SMILES string of the molecule is CSNc1nn(CC(F)(F)F)c2c(-c3ccc(C#CC(C)(C)S(=O)C4CC4)nc3C(Cc3cc(F)cc(F)c3)NC(=O)Cn3nc(C(F)(F)F)c4c3C(F)(F)C[C@@H]4C)ccc(Cl)c12. The largest absolute Gasteiger partial charge is 0.435 e. The fraction of sp³-hybridized carbons (Fsp3) is 0.415. The van der Waals surface area contributed by atoms with E-state index in [2.05, 4.69) is 32.1 Å². The predicted octanol–water partition coefficient (Wildman–Crippen LogP) is 10.2.